The Morgan fingerprint density at radius 2 is 1.32 bits per heavy atom. The summed E-state index contributed by atoms with van der Waals surface area (Å²) in [5.74, 6) is -2.10. The van der Waals surface area contributed by atoms with Gasteiger partial charge in [-0.25, -0.2) is 0 Å². The second-order valence-electron chi connectivity index (χ2n) is 6.06. The summed E-state index contributed by atoms with van der Waals surface area (Å²) >= 11 is 0. The summed E-state index contributed by atoms with van der Waals surface area (Å²) < 4.78 is 91.6. The molecular formula is C17H22F6O2. The molecule has 1 aromatic carbocycles. The van der Waals surface area contributed by atoms with Crippen LogP contribution < -0.4 is 0 Å². The first-order valence-electron chi connectivity index (χ1n) is 7.87. The minimum Gasteiger partial charge on any atom is -0.351 e. The highest BCUT2D eigenvalue weighted by molar-refractivity contribution is 5.31. The Labute approximate surface area is 143 Å². The van der Waals surface area contributed by atoms with E-state index in [1.54, 1.807) is 0 Å². The van der Waals surface area contributed by atoms with Crippen LogP contribution in [-0.2, 0) is 21.5 Å². The molecule has 0 atom stereocenters. The maximum absolute atomic E-state index is 13.7. The molecule has 0 N–H and O–H groups in total. The summed E-state index contributed by atoms with van der Waals surface area (Å²) in [6.45, 7) is 5.25. The predicted octanol–water partition coefficient (Wildman–Crippen LogP) is 5.75. The van der Waals surface area contributed by atoms with Crippen molar-refractivity contribution in [1.29, 1.82) is 0 Å². The van der Waals surface area contributed by atoms with Crippen LogP contribution in [0.3, 0.4) is 0 Å². The molecule has 0 saturated carbocycles. The molecule has 0 amide bonds. The van der Waals surface area contributed by atoms with E-state index < -0.39 is 29.3 Å². The van der Waals surface area contributed by atoms with Crippen molar-refractivity contribution in [3.05, 3.63) is 35.4 Å². The van der Waals surface area contributed by atoms with Gasteiger partial charge in [-0.3, -0.25) is 0 Å². The quantitative estimate of drug-likeness (QED) is 0.448. The van der Waals surface area contributed by atoms with E-state index in [1.807, 2.05) is 6.92 Å². The highest BCUT2D eigenvalue weighted by Gasteiger charge is 2.74. The topological polar surface area (TPSA) is 18.5 Å². The lowest BCUT2D eigenvalue weighted by Gasteiger charge is -2.42. The number of aryl methyl sites for hydroxylation is 1. The Hall–Kier alpha value is -1.28. The van der Waals surface area contributed by atoms with Crippen LogP contribution in [0.25, 0.3) is 0 Å². The summed E-state index contributed by atoms with van der Waals surface area (Å²) in [5, 5.41) is 0. The first-order valence-corrected chi connectivity index (χ1v) is 7.87. The summed E-state index contributed by atoms with van der Waals surface area (Å²) in [6.07, 6.45) is -10.2. The van der Waals surface area contributed by atoms with Crippen LogP contribution in [0.2, 0.25) is 0 Å². The fourth-order valence-electron chi connectivity index (χ4n) is 2.60. The molecule has 1 aromatic rings. The van der Waals surface area contributed by atoms with Gasteiger partial charge in [0.1, 0.15) is 0 Å². The normalized spacial score (nSPS) is 14.0. The number of halogens is 6. The maximum Gasteiger partial charge on any atom is 0.430 e. The molecule has 0 aliphatic heterocycles. The van der Waals surface area contributed by atoms with Gasteiger partial charge in [-0.05, 0) is 32.8 Å². The summed E-state index contributed by atoms with van der Waals surface area (Å²) in [4.78, 5) is 0. The van der Waals surface area contributed by atoms with Gasteiger partial charge >= 0.3 is 12.4 Å². The van der Waals surface area contributed by atoms with Gasteiger partial charge in [0.15, 0.2) is 5.79 Å². The van der Waals surface area contributed by atoms with Gasteiger partial charge in [0, 0.05) is 12.2 Å². The van der Waals surface area contributed by atoms with Crippen LogP contribution in [0.5, 0.6) is 0 Å². The van der Waals surface area contributed by atoms with Crippen LogP contribution in [0.4, 0.5) is 26.3 Å². The molecule has 1 rings (SSSR count). The van der Waals surface area contributed by atoms with E-state index in [-0.39, 0.29) is 6.61 Å². The second-order valence-corrected chi connectivity index (χ2v) is 6.06. The largest absolute Gasteiger partial charge is 0.430 e. The molecule has 0 bridgehead atoms. The first-order chi connectivity index (χ1) is 11.3. The lowest BCUT2D eigenvalue weighted by atomic mass is 9.90. The number of rotatable bonds is 7. The van der Waals surface area contributed by atoms with Gasteiger partial charge in [-0.15, -0.1) is 0 Å². The van der Waals surface area contributed by atoms with Crippen molar-refractivity contribution >= 4 is 0 Å². The minimum atomic E-state index is -5.73. The Bertz CT molecular complexity index is 532. The minimum absolute atomic E-state index is 0.103. The zero-order valence-electron chi connectivity index (χ0n) is 14.5. The van der Waals surface area contributed by atoms with Crippen molar-refractivity contribution in [2.75, 3.05) is 6.61 Å². The van der Waals surface area contributed by atoms with Crippen LogP contribution in [0.1, 0.15) is 45.2 Å². The fourth-order valence-corrected chi connectivity index (χ4v) is 2.60. The standard InChI is InChI=1S/C17H22F6O2/c1-5-7-12-8-10-13(11-9-12)15(16(18,19)20,17(21,22)23)25-14(3,4)24-6-2/h8-11H,5-7H2,1-4H3. The number of alkyl halides is 6. The number of ether oxygens (including phenoxy) is 2. The Kier molecular flexibility index (Phi) is 6.56. The van der Waals surface area contributed by atoms with E-state index in [2.05, 4.69) is 4.74 Å². The van der Waals surface area contributed by atoms with Crippen LogP contribution in [-0.4, -0.2) is 24.7 Å². The zero-order valence-corrected chi connectivity index (χ0v) is 14.5. The average Bonchev–Trinajstić information content (AvgIpc) is 2.43. The molecule has 0 fully saturated rings. The smallest absolute Gasteiger partial charge is 0.351 e. The van der Waals surface area contributed by atoms with E-state index in [0.717, 1.165) is 32.4 Å². The highest BCUT2D eigenvalue weighted by Crippen LogP contribution is 2.54. The third-order valence-electron chi connectivity index (χ3n) is 3.59. The summed E-state index contributed by atoms with van der Waals surface area (Å²) in [6, 6.07) is 4.13. The van der Waals surface area contributed by atoms with Gasteiger partial charge in [0.25, 0.3) is 5.60 Å². The Balaban J connectivity index is 3.55. The van der Waals surface area contributed by atoms with E-state index >= 15 is 0 Å². The van der Waals surface area contributed by atoms with Gasteiger partial charge in [-0.1, -0.05) is 37.6 Å². The lowest BCUT2D eigenvalue weighted by Crippen LogP contribution is -2.59. The van der Waals surface area contributed by atoms with E-state index in [9.17, 15) is 26.3 Å². The fraction of sp³-hybridized carbons (Fsp3) is 0.647. The average molecular weight is 372 g/mol. The molecule has 2 nitrogen and oxygen atoms in total. The van der Waals surface area contributed by atoms with Gasteiger partial charge in [0.05, 0.1) is 0 Å². The number of benzene rings is 1. The van der Waals surface area contributed by atoms with Gasteiger partial charge < -0.3 is 9.47 Å². The molecule has 8 heteroatoms. The maximum atomic E-state index is 13.7. The van der Waals surface area contributed by atoms with Crippen molar-refractivity contribution in [1.82, 2.24) is 0 Å². The van der Waals surface area contributed by atoms with Crippen molar-refractivity contribution in [2.24, 2.45) is 0 Å². The third kappa shape index (κ3) is 4.67. The lowest BCUT2D eigenvalue weighted by molar-refractivity contribution is -0.435. The number of hydrogen-bond acceptors (Lipinski definition) is 2. The molecule has 25 heavy (non-hydrogen) atoms. The Morgan fingerprint density at radius 3 is 1.68 bits per heavy atom. The van der Waals surface area contributed by atoms with Gasteiger partial charge in [-0.2, -0.15) is 26.3 Å². The van der Waals surface area contributed by atoms with Crippen LogP contribution in [0.15, 0.2) is 24.3 Å². The van der Waals surface area contributed by atoms with E-state index in [4.69, 9.17) is 4.74 Å². The molecule has 0 saturated heterocycles. The van der Waals surface area contributed by atoms with Crippen molar-refractivity contribution in [3.8, 4) is 0 Å². The molecule has 0 aromatic heterocycles. The van der Waals surface area contributed by atoms with Crippen LogP contribution in [0, 0.1) is 0 Å². The molecule has 144 valence electrons. The number of hydrogen-bond donors (Lipinski definition) is 0. The first kappa shape index (κ1) is 21.8. The molecule has 0 spiro atoms. The summed E-state index contributed by atoms with van der Waals surface area (Å²) in [7, 11) is 0. The van der Waals surface area contributed by atoms with Crippen molar-refractivity contribution in [3.63, 3.8) is 0 Å². The molecule has 0 radical (unpaired) electrons. The zero-order chi connectivity index (χ0) is 19.5. The van der Waals surface area contributed by atoms with E-state index in [0.29, 0.717) is 12.0 Å². The van der Waals surface area contributed by atoms with Gasteiger partial charge in [0.2, 0.25) is 0 Å². The van der Waals surface area contributed by atoms with E-state index in [1.165, 1.54) is 19.1 Å². The molecule has 0 heterocycles. The van der Waals surface area contributed by atoms with Crippen molar-refractivity contribution in [2.45, 2.75) is 64.3 Å². The van der Waals surface area contributed by atoms with Crippen molar-refractivity contribution < 1.29 is 35.8 Å². The second kappa shape index (κ2) is 7.53. The third-order valence-corrected chi connectivity index (χ3v) is 3.59. The molecule has 0 aliphatic rings. The predicted molar refractivity (Wildman–Crippen MR) is 81.0 cm³/mol. The molecule has 0 unspecified atom stereocenters. The summed E-state index contributed by atoms with van der Waals surface area (Å²) in [5.41, 5.74) is -4.86. The molecular weight excluding hydrogens is 350 g/mol. The Morgan fingerprint density at radius 1 is 0.840 bits per heavy atom. The highest BCUT2D eigenvalue weighted by atomic mass is 19.4. The van der Waals surface area contributed by atoms with Crippen LogP contribution >= 0.6 is 0 Å². The monoisotopic (exact) mass is 372 g/mol. The SMILES string of the molecule is CCCc1ccc(C(OC(C)(C)OCC)(C(F)(F)F)C(F)(F)F)cc1. The molecule has 0 aliphatic carbocycles.